The van der Waals surface area contributed by atoms with Crippen LogP contribution in [0.5, 0.6) is 11.5 Å². The number of hydrogen-bond acceptors (Lipinski definition) is 4. The molecule has 5 heteroatoms. The lowest BCUT2D eigenvalue weighted by Gasteiger charge is -2.35. The molecule has 2 aromatic carbocycles. The molecule has 4 nitrogen and oxygen atoms in total. The van der Waals surface area contributed by atoms with Gasteiger partial charge < -0.3 is 9.47 Å². The van der Waals surface area contributed by atoms with Gasteiger partial charge in [-0.3, -0.25) is 9.80 Å². The number of nitrogens with zero attached hydrogens (tertiary/aromatic N) is 2. The SMILES string of the molecule is COc1ccc(CN2CCN(Cc3cc(F)ccc3OC)CC2)cc1. The molecule has 0 amide bonds. The second-order valence-corrected chi connectivity index (χ2v) is 6.36. The molecule has 134 valence electrons. The van der Waals surface area contributed by atoms with Crippen molar-refractivity contribution in [3.8, 4) is 11.5 Å². The predicted octanol–water partition coefficient (Wildman–Crippen LogP) is 3.16. The molecular formula is C20H25FN2O2. The van der Waals surface area contributed by atoms with Crippen molar-refractivity contribution >= 4 is 0 Å². The van der Waals surface area contributed by atoms with Crippen molar-refractivity contribution in [1.82, 2.24) is 9.80 Å². The maximum Gasteiger partial charge on any atom is 0.123 e. The normalized spacial score (nSPS) is 16.0. The summed E-state index contributed by atoms with van der Waals surface area (Å²) in [5.41, 5.74) is 2.20. The molecular weight excluding hydrogens is 319 g/mol. The van der Waals surface area contributed by atoms with E-state index in [2.05, 4.69) is 21.9 Å². The summed E-state index contributed by atoms with van der Waals surface area (Å²) in [6.45, 7) is 5.61. The molecule has 0 radical (unpaired) electrons. The predicted molar refractivity (Wildman–Crippen MR) is 96.5 cm³/mol. The third-order valence-electron chi connectivity index (χ3n) is 4.67. The van der Waals surface area contributed by atoms with Crippen LogP contribution in [-0.4, -0.2) is 50.2 Å². The minimum absolute atomic E-state index is 0.214. The lowest BCUT2D eigenvalue weighted by atomic mass is 10.1. The van der Waals surface area contributed by atoms with Crippen LogP contribution in [0.1, 0.15) is 11.1 Å². The zero-order chi connectivity index (χ0) is 17.6. The third kappa shape index (κ3) is 4.71. The third-order valence-corrected chi connectivity index (χ3v) is 4.67. The van der Waals surface area contributed by atoms with Gasteiger partial charge in [-0.15, -0.1) is 0 Å². The molecule has 2 aromatic rings. The van der Waals surface area contributed by atoms with Gasteiger partial charge in [-0.25, -0.2) is 4.39 Å². The minimum atomic E-state index is -0.214. The fourth-order valence-corrected chi connectivity index (χ4v) is 3.21. The highest BCUT2D eigenvalue weighted by Gasteiger charge is 2.18. The molecule has 1 heterocycles. The summed E-state index contributed by atoms with van der Waals surface area (Å²) in [6.07, 6.45) is 0. The van der Waals surface area contributed by atoms with E-state index in [1.807, 2.05) is 12.1 Å². The summed E-state index contributed by atoms with van der Waals surface area (Å²) >= 11 is 0. The smallest absolute Gasteiger partial charge is 0.123 e. The lowest BCUT2D eigenvalue weighted by Crippen LogP contribution is -2.45. The summed E-state index contributed by atoms with van der Waals surface area (Å²) < 4.78 is 24.1. The van der Waals surface area contributed by atoms with E-state index >= 15 is 0 Å². The van der Waals surface area contributed by atoms with Crippen molar-refractivity contribution in [1.29, 1.82) is 0 Å². The van der Waals surface area contributed by atoms with Crippen molar-refractivity contribution in [2.45, 2.75) is 13.1 Å². The first-order chi connectivity index (χ1) is 12.2. The van der Waals surface area contributed by atoms with Crippen molar-refractivity contribution in [3.05, 3.63) is 59.4 Å². The Labute approximate surface area is 148 Å². The molecule has 0 saturated carbocycles. The topological polar surface area (TPSA) is 24.9 Å². The zero-order valence-electron chi connectivity index (χ0n) is 14.9. The van der Waals surface area contributed by atoms with E-state index in [1.54, 1.807) is 26.4 Å². The lowest BCUT2D eigenvalue weighted by molar-refractivity contribution is 0.121. The minimum Gasteiger partial charge on any atom is -0.497 e. The second kappa shape index (κ2) is 8.32. The Morgan fingerprint density at radius 1 is 0.840 bits per heavy atom. The molecule has 0 unspecified atom stereocenters. The number of benzene rings is 2. The zero-order valence-corrected chi connectivity index (χ0v) is 14.9. The van der Waals surface area contributed by atoms with Gasteiger partial charge in [-0.1, -0.05) is 12.1 Å². The van der Waals surface area contributed by atoms with Gasteiger partial charge in [-0.05, 0) is 35.9 Å². The molecule has 3 rings (SSSR count). The van der Waals surface area contributed by atoms with Gasteiger partial charge >= 0.3 is 0 Å². The van der Waals surface area contributed by atoms with Crippen LogP contribution in [0.15, 0.2) is 42.5 Å². The molecule has 0 aromatic heterocycles. The van der Waals surface area contributed by atoms with E-state index in [-0.39, 0.29) is 5.82 Å². The van der Waals surface area contributed by atoms with Crippen LogP contribution in [0.3, 0.4) is 0 Å². The molecule has 0 atom stereocenters. The average molecular weight is 344 g/mol. The number of halogens is 1. The number of hydrogen-bond donors (Lipinski definition) is 0. The van der Waals surface area contributed by atoms with Crippen molar-refractivity contribution in [2.75, 3.05) is 40.4 Å². The summed E-state index contributed by atoms with van der Waals surface area (Å²) in [4.78, 5) is 4.79. The number of piperazine rings is 1. The Morgan fingerprint density at radius 3 is 2.08 bits per heavy atom. The molecule has 0 aliphatic carbocycles. The maximum absolute atomic E-state index is 13.5. The van der Waals surface area contributed by atoms with Crippen molar-refractivity contribution in [2.24, 2.45) is 0 Å². The molecule has 1 aliphatic rings. The van der Waals surface area contributed by atoms with Gasteiger partial charge in [0.15, 0.2) is 0 Å². The summed E-state index contributed by atoms with van der Waals surface area (Å²) in [6, 6.07) is 12.9. The summed E-state index contributed by atoms with van der Waals surface area (Å²) in [7, 11) is 3.31. The first-order valence-electron chi connectivity index (χ1n) is 8.58. The van der Waals surface area contributed by atoms with Gasteiger partial charge in [0.2, 0.25) is 0 Å². The summed E-state index contributed by atoms with van der Waals surface area (Å²) in [5, 5.41) is 0. The molecule has 1 fully saturated rings. The van der Waals surface area contributed by atoms with E-state index in [0.717, 1.165) is 56.3 Å². The molecule has 25 heavy (non-hydrogen) atoms. The molecule has 1 aliphatic heterocycles. The van der Waals surface area contributed by atoms with Crippen LogP contribution in [0.4, 0.5) is 4.39 Å². The quantitative estimate of drug-likeness (QED) is 0.804. The first-order valence-corrected chi connectivity index (χ1v) is 8.58. The Morgan fingerprint density at radius 2 is 1.48 bits per heavy atom. The fourth-order valence-electron chi connectivity index (χ4n) is 3.21. The van der Waals surface area contributed by atoms with E-state index in [1.165, 1.54) is 11.6 Å². The number of methoxy groups -OCH3 is 2. The van der Waals surface area contributed by atoms with Crippen LogP contribution in [-0.2, 0) is 13.1 Å². The van der Waals surface area contributed by atoms with Gasteiger partial charge in [0.25, 0.3) is 0 Å². The maximum atomic E-state index is 13.5. The fraction of sp³-hybridized carbons (Fsp3) is 0.400. The highest BCUT2D eigenvalue weighted by Crippen LogP contribution is 2.22. The molecule has 0 spiro atoms. The van der Waals surface area contributed by atoms with Gasteiger partial charge in [0.1, 0.15) is 17.3 Å². The standard InChI is InChI=1S/C20H25FN2O2/c1-24-19-6-3-16(4-7-19)14-22-9-11-23(12-10-22)15-17-13-18(21)5-8-20(17)25-2/h3-8,13H,9-12,14-15H2,1-2H3. The Kier molecular flexibility index (Phi) is 5.89. The Balaban J connectivity index is 1.52. The molecule has 0 bridgehead atoms. The molecule has 1 saturated heterocycles. The molecule has 0 N–H and O–H groups in total. The van der Waals surface area contributed by atoms with Crippen LogP contribution >= 0.6 is 0 Å². The Bertz CT molecular complexity index is 683. The van der Waals surface area contributed by atoms with Crippen LogP contribution < -0.4 is 9.47 Å². The van der Waals surface area contributed by atoms with Crippen LogP contribution in [0.2, 0.25) is 0 Å². The highest BCUT2D eigenvalue weighted by atomic mass is 19.1. The highest BCUT2D eigenvalue weighted by molar-refractivity contribution is 5.34. The van der Waals surface area contributed by atoms with E-state index < -0.39 is 0 Å². The Hall–Kier alpha value is -2.11. The largest absolute Gasteiger partial charge is 0.497 e. The van der Waals surface area contributed by atoms with Gasteiger partial charge in [0.05, 0.1) is 14.2 Å². The van der Waals surface area contributed by atoms with E-state index in [4.69, 9.17) is 9.47 Å². The van der Waals surface area contributed by atoms with E-state index in [9.17, 15) is 4.39 Å². The first kappa shape index (κ1) is 17.7. The van der Waals surface area contributed by atoms with E-state index in [0.29, 0.717) is 0 Å². The average Bonchev–Trinajstić information content (AvgIpc) is 2.64. The summed E-state index contributed by atoms with van der Waals surface area (Å²) in [5.74, 6) is 1.42. The van der Waals surface area contributed by atoms with Crippen molar-refractivity contribution in [3.63, 3.8) is 0 Å². The number of rotatable bonds is 6. The van der Waals surface area contributed by atoms with Gasteiger partial charge in [-0.2, -0.15) is 0 Å². The van der Waals surface area contributed by atoms with Gasteiger partial charge in [0, 0.05) is 44.8 Å². The monoisotopic (exact) mass is 344 g/mol. The van der Waals surface area contributed by atoms with Crippen molar-refractivity contribution < 1.29 is 13.9 Å². The van der Waals surface area contributed by atoms with Crippen LogP contribution in [0, 0.1) is 5.82 Å². The second-order valence-electron chi connectivity index (χ2n) is 6.36. The number of ether oxygens (including phenoxy) is 2. The van der Waals surface area contributed by atoms with Crippen LogP contribution in [0.25, 0.3) is 0 Å².